The fourth-order valence-electron chi connectivity index (χ4n) is 10.1. The topological polar surface area (TPSA) is 64.6 Å². The number of nitrogens with one attached hydrogen (secondary N) is 1. The van der Waals surface area contributed by atoms with E-state index in [-0.39, 0.29) is 11.5 Å². The Morgan fingerprint density at radius 3 is 2.55 bits per heavy atom. The Morgan fingerprint density at radius 1 is 1.02 bits per heavy atom. The molecule has 232 valence electrons. The number of hydrogen-bond donors (Lipinski definition) is 1. The number of fused-ring (bicyclic) bond motifs is 5. The van der Waals surface area contributed by atoms with Gasteiger partial charge in [0.25, 0.3) is 6.47 Å². The van der Waals surface area contributed by atoms with Crippen LogP contribution in [0.25, 0.3) is 0 Å². The van der Waals surface area contributed by atoms with Crippen LogP contribution < -0.4 is 5.32 Å². The molecule has 4 aliphatic carbocycles. The lowest BCUT2D eigenvalue weighted by molar-refractivity contribution is -0.134. The molecule has 0 spiro atoms. The highest BCUT2D eigenvalue weighted by atomic mass is 16.6. The number of amides is 1. The molecule has 0 saturated heterocycles. The average molecular weight is 578 g/mol. The molecule has 5 heteroatoms. The molecule has 0 aromatic heterocycles. The number of hydrogen-bond acceptors (Lipinski definition) is 4. The molecule has 1 aromatic carbocycles. The summed E-state index contributed by atoms with van der Waals surface area (Å²) >= 11 is 0. The third kappa shape index (κ3) is 6.45. The van der Waals surface area contributed by atoms with Crippen molar-refractivity contribution in [2.75, 3.05) is 0 Å². The average Bonchev–Trinajstić information content (AvgIpc) is 3.31. The van der Waals surface area contributed by atoms with Crippen LogP contribution in [0.4, 0.5) is 4.79 Å². The van der Waals surface area contributed by atoms with Crippen LogP contribution in [-0.2, 0) is 20.7 Å². The van der Waals surface area contributed by atoms with E-state index in [1.807, 2.05) is 30.3 Å². The molecule has 0 radical (unpaired) electrons. The monoisotopic (exact) mass is 577 g/mol. The van der Waals surface area contributed by atoms with Gasteiger partial charge < -0.3 is 9.47 Å². The second-order valence-electron chi connectivity index (χ2n) is 15.1. The molecule has 3 unspecified atom stereocenters. The number of carbonyl (C=O) groups excluding carboxylic acids is 2. The highest BCUT2D eigenvalue weighted by molar-refractivity contribution is 5.68. The minimum atomic E-state index is -0.745. The van der Waals surface area contributed by atoms with Crippen LogP contribution in [0.1, 0.15) is 111 Å². The molecule has 9 atom stereocenters. The Morgan fingerprint density at radius 2 is 1.81 bits per heavy atom. The third-order valence-corrected chi connectivity index (χ3v) is 12.3. The van der Waals surface area contributed by atoms with E-state index in [0.29, 0.717) is 18.3 Å². The molecule has 0 heterocycles. The number of alkyl carbamates (subject to hydrolysis) is 1. The van der Waals surface area contributed by atoms with Gasteiger partial charge in [-0.3, -0.25) is 10.1 Å². The fourth-order valence-corrected chi connectivity index (χ4v) is 10.1. The van der Waals surface area contributed by atoms with Crippen molar-refractivity contribution in [2.45, 2.75) is 124 Å². The van der Waals surface area contributed by atoms with Gasteiger partial charge in [0.15, 0.2) is 6.23 Å². The van der Waals surface area contributed by atoms with Crippen LogP contribution >= 0.6 is 0 Å². The van der Waals surface area contributed by atoms with E-state index in [4.69, 9.17) is 9.47 Å². The molecule has 4 aliphatic rings. The van der Waals surface area contributed by atoms with Gasteiger partial charge in [-0.15, -0.1) is 0 Å². The fraction of sp³-hybridized carbons (Fsp3) is 0.730. The number of benzene rings is 1. The molecule has 5 nitrogen and oxygen atoms in total. The van der Waals surface area contributed by atoms with Crippen LogP contribution in [0, 0.1) is 46.3 Å². The third-order valence-electron chi connectivity index (χ3n) is 12.3. The van der Waals surface area contributed by atoms with Gasteiger partial charge in [0, 0.05) is 12.8 Å². The van der Waals surface area contributed by atoms with E-state index < -0.39 is 12.3 Å². The van der Waals surface area contributed by atoms with Crippen molar-refractivity contribution < 1.29 is 19.1 Å². The van der Waals surface area contributed by atoms with Crippen LogP contribution in [0.15, 0.2) is 42.0 Å². The zero-order valence-electron chi connectivity index (χ0n) is 26.8. The van der Waals surface area contributed by atoms with Gasteiger partial charge in [0.2, 0.25) is 0 Å². The zero-order valence-corrected chi connectivity index (χ0v) is 26.8. The van der Waals surface area contributed by atoms with Crippen molar-refractivity contribution >= 4 is 12.6 Å². The summed E-state index contributed by atoms with van der Waals surface area (Å²) in [6.07, 6.45) is 15.2. The molecular weight excluding hydrogens is 522 g/mol. The first-order chi connectivity index (χ1) is 20.1. The Kier molecular flexibility index (Phi) is 9.74. The second-order valence-corrected chi connectivity index (χ2v) is 15.1. The molecule has 5 rings (SSSR count). The lowest BCUT2D eigenvalue weighted by Crippen LogP contribution is -2.51. The van der Waals surface area contributed by atoms with Gasteiger partial charge in [0.1, 0.15) is 6.10 Å². The van der Waals surface area contributed by atoms with Gasteiger partial charge >= 0.3 is 6.09 Å². The second kappa shape index (κ2) is 13.1. The summed E-state index contributed by atoms with van der Waals surface area (Å²) in [5.74, 6) is 4.92. The zero-order chi connectivity index (χ0) is 29.9. The van der Waals surface area contributed by atoms with Gasteiger partial charge in [-0.2, -0.15) is 0 Å². The van der Waals surface area contributed by atoms with E-state index in [0.717, 1.165) is 60.3 Å². The van der Waals surface area contributed by atoms with E-state index in [9.17, 15) is 9.59 Å². The van der Waals surface area contributed by atoms with E-state index >= 15 is 0 Å². The van der Waals surface area contributed by atoms with E-state index in [1.165, 1.54) is 56.9 Å². The van der Waals surface area contributed by atoms with Crippen molar-refractivity contribution in [1.29, 1.82) is 0 Å². The summed E-state index contributed by atoms with van der Waals surface area (Å²) in [6.45, 7) is 12.8. The molecule has 42 heavy (non-hydrogen) atoms. The normalized spacial score (nSPS) is 35.2. The van der Waals surface area contributed by atoms with Crippen molar-refractivity contribution in [3.8, 4) is 0 Å². The van der Waals surface area contributed by atoms with Crippen LogP contribution in [0.2, 0.25) is 0 Å². The Balaban J connectivity index is 1.19. The summed E-state index contributed by atoms with van der Waals surface area (Å²) in [4.78, 5) is 23.9. The van der Waals surface area contributed by atoms with E-state index in [2.05, 4.69) is 46.0 Å². The summed E-state index contributed by atoms with van der Waals surface area (Å²) in [5, 5.41) is 2.77. The van der Waals surface area contributed by atoms with Crippen molar-refractivity contribution in [3.05, 3.63) is 47.5 Å². The molecule has 1 aromatic rings. The molecule has 1 N–H and O–H groups in total. The van der Waals surface area contributed by atoms with Gasteiger partial charge in [-0.05, 0) is 96.8 Å². The van der Waals surface area contributed by atoms with Crippen LogP contribution in [0.3, 0.4) is 0 Å². The van der Waals surface area contributed by atoms with Crippen molar-refractivity contribution in [3.63, 3.8) is 0 Å². The molecule has 1 amide bonds. The van der Waals surface area contributed by atoms with Gasteiger partial charge in [-0.25, -0.2) is 4.79 Å². The minimum absolute atomic E-state index is 0.133. The lowest BCUT2D eigenvalue weighted by Gasteiger charge is -2.58. The highest BCUT2D eigenvalue weighted by Gasteiger charge is 2.59. The highest BCUT2D eigenvalue weighted by Crippen LogP contribution is 2.67. The molecular formula is C37H55NO4. The summed E-state index contributed by atoms with van der Waals surface area (Å²) in [7, 11) is 0. The maximum Gasteiger partial charge on any atom is 0.410 e. The number of rotatable bonds is 11. The first kappa shape index (κ1) is 31.1. The largest absolute Gasteiger partial charge is 0.446 e. The number of carbonyl (C=O) groups is 2. The van der Waals surface area contributed by atoms with Gasteiger partial charge in [-0.1, -0.05) is 95.9 Å². The standard InChI is InChI=1S/C37H55NO4/c1-25(2)10-9-11-26(3)31-16-17-32-30-15-14-28-23-29(18-20-36(28,4)33(30)19-21-37(31,32)5)42-35(40)38-34(41-24-39)22-27-12-7-6-8-13-27/h6-8,12-14,24-26,29-34H,9-11,15-23H2,1-5H3,(H,38,40)/t26-,29?,30+,31?,32+,33+,34?,36+,37-/m1/s1. The Labute approximate surface area is 254 Å². The Bertz CT molecular complexity index is 1100. The van der Waals surface area contributed by atoms with Crippen molar-refractivity contribution in [2.24, 2.45) is 46.3 Å². The van der Waals surface area contributed by atoms with E-state index in [1.54, 1.807) is 0 Å². The quantitative estimate of drug-likeness (QED) is 0.162. The predicted molar refractivity (Wildman–Crippen MR) is 168 cm³/mol. The molecule has 3 saturated carbocycles. The van der Waals surface area contributed by atoms with Crippen molar-refractivity contribution in [1.82, 2.24) is 5.32 Å². The lowest BCUT2D eigenvalue weighted by atomic mass is 9.47. The summed E-state index contributed by atoms with van der Waals surface area (Å²) in [6, 6.07) is 9.70. The van der Waals surface area contributed by atoms with Crippen LogP contribution in [-0.4, -0.2) is 24.9 Å². The first-order valence-corrected chi connectivity index (χ1v) is 16.9. The summed E-state index contributed by atoms with van der Waals surface area (Å²) < 4.78 is 11.1. The molecule has 0 aliphatic heterocycles. The predicted octanol–water partition coefficient (Wildman–Crippen LogP) is 8.86. The molecule has 3 fully saturated rings. The SMILES string of the molecule is CC(C)CCC[C@@H](C)C1CC[C@H]2[C@@H]3CC=C4CC(OC(=O)NC(Cc5ccccc5)OC=O)CC[C@]4(C)[C@H]3CC[C@]12C. The number of ether oxygens (including phenoxy) is 2. The summed E-state index contributed by atoms with van der Waals surface area (Å²) in [5.41, 5.74) is 3.21. The van der Waals surface area contributed by atoms with Crippen LogP contribution in [0.5, 0.6) is 0 Å². The number of allylic oxidation sites excluding steroid dienone is 1. The first-order valence-electron chi connectivity index (χ1n) is 16.9. The maximum atomic E-state index is 12.9. The maximum absolute atomic E-state index is 12.9. The van der Waals surface area contributed by atoms with Gasteiger partial charge in [0.05, 0.1) is 0 Å². The Hall–Kier alpha value is -2.30. The minimum Gasteiger partial charge on any atom is -0.446 e. The molecule has 0 bridgehead atoms. The smallest absolute Gasteiger partial charge is 0.410 e.